The number of nitrogens with two attached hydrogens (primary N) is 1. The number of carbonyl (C=O) groups excluding carboxylic acids is 1. The highest BCUT2D eigenvalue weighted by Crippen LogP contribution is 2.12. The van der Waals surface area contributed by atoms with Crippen LogP contribution in [0.4, 0.5) is 0 Å². The van der Waals surface area contributed by atoms with Crippen molar-refractivity contribution < 1.29 is 4.79 Å². The molecule has 4 heteroatoms. The van der Waals surface area contributed by atoms with Crippen molar-refractivity contribution in [2.24, 2.45) is 5.84 Å². The summed E-state index contributed by atoms with van der Waals surface area (Å²) < 4.78 is 0. The molecule has 0 spiro atoms. The van der Waals surface area contributed by atoms with E-state index in [1.165, 1.54) is 18.4 Å². The van der Waals surface area contributed by atoms with Gasteiger partial charge in [0.15, 0.2) is 0 Å². The molecular formula is C15H25N3O. The predicted octanol–water partition coefficient (Wildman–Crippen LogP) is 1.84. The largest absolute Gasteiger partial charge is 0.299 e. The van der Waals surface area contributed by atoms with Gasteiger partial charge in [-0.3, -0.25) is 15.1 Å². The van der Waals surface area contributed by atoms with Crippen LogP contribution in [0.2, 0.25) is 0 Å². The van der Waals surface area contributed by atoms with Gasteiger partial charge in [0, 0.05) is 12.6 Å². The van der Waals surface area contributed by atoms with Crippen molar-refractivity contribution >= 4 is 5.91 Å². The van der Waals surface area contributed by atoms with Gasteiger partial charge in [-0.05, 0) is 31.0 Å². The third kappa shape index (κ3) is 5.01. The van der Waals surface area contributed by atoms with Crippen LogP contribution in [-0.2, 0) is 17.8 Å². The zero-order valence-corrected chi connectivity index (χ0v) is 12.1. The molecule has 1 aromatic rings. The Balaban J connectivity index is 2.59. The fourth-order valence-electron chi connectivity index (χ4n) is 2.33. The number of nitrogens with one attached hydrogen (secondary N) is 1. The molecule has 1 amide bonds. The molecule has 3 N–H and O–H groups in total. The van der Waals surface area contributed by atoms with E-state index in [9.17, 15) is 4.79 Å². The number of benzene rings is 1. The first-order chi connectivity index (χ1) is 9.10. The van der Waals surface area contributed by atoms with Crippen molar-refractivity contribution in [2.45, 2.75) is 45.7 Å². The summed E-state index contributed by atoms with van der Waals surface area (Å²) in [4.78, 5) is 13.5. The Labute approximate surface area is 115 Å². The van der Waals surface area contributed by atoms with Crippen molar-refractivity contribution in [3.63, 3.8) is 0 Å². The zero-order chi connectivity index (χ0) is 14.3. The average molecular weight is 263 g/mol. The molecule has 0 aliphatic carbocycles. The first-order valence-electron chi connectivity index (χ1n) is 6.88. The molecule has 0 bridgehead atoms. The molecule has 1 rings (SSSR count). The van der Waals surface area contributed by atoms with E-state index in [-0.39, 0.29) is 5.91 Å². The average Bonchev–Trinajstić information content (AvgIpc) is 2.42. The lowest BCUT2D eigenvalue weighted by Crippen LogP contribution is -2.31. The third-order valence-corrected chi connectivity index (χ3v) is 3.55. The lowest BCUT2D eigenvalue weighted by atomic mass is 10.1. The third-order valence-electron chi connectivity index (χ3n) is 3.55. The first-order valence-corrected chi connectivity index (χ1v) is 6.88. The Bertz CT molecular complexity index is 385. The van der Waals surface area contributed by atoms with Gasteiger partial charge in [-0.25, -0.2) is 5.84 Å². The van der Waals surface area contributed by atoms with Gasteiger partial charge >= 0.3 is 0 Å². The summed E-state index contributed by atoms with van der Waals surface area (Å²) in [6, 6.07) is 8.77. The summed E-state index contributed by atoms with van der Waals surface area (Å²) in [7, 11) is 2.16. The molecule has 0 aliphatic rings. The van der Waals surface area contributed by atoms with Gasteiger partial charge in [-0.15, -0.1) is 0 Å². The fraction of sp³-hybridized carbons (Fsp3) is 0.533. The number of carbonyl (C=O) groups is 1. The molecule has 0 atom stereocenters. The number of hydrazine groups is 1. The smallest absolute Gasteiger partial charge is 0.238 e. The molecule has 0 aromatic heterocycles. The Morgan fingerprint density at radius 3 is 2.21 bits per heavy atom. The van der Waals surface area contributed by atoms with E-state index >= 15 is 0 Å². The van der Waals surface area contributed by atoms with Crippen LogP contribution in [0.1, 0.15) is 37.8 Å². The molecule has 0 saturated heterocycles. The normalized spacial score (nSPS) is 11.1. The minimum atomic E-state index is -0.165. The highest BCUT2D eigenvalue weighted by atomic mass is 16.2. The van der Waals surface area contributed by atoms with Crippen LogP contribution < -0.4 is 11.3 Å². The summed E-state index contributed by atoms with van der Waals surface area (Å²) in [5.41, 5.74) is 4.40. The molecule has 0 unspecified atom stereocenters. The monoisotopic (exact) mass is 263 g/mol. The molecule has 106 valence electrons. The molecule has 4 nitrogen and oxygen atoms in total. The number of nitrogens with zero attached hydrogens (tertiary/aromatic N) is 1. The maximum absolute atomic E-state index is 11.2. The van der Waals surface area contributed by atoms with Gasteiger partial charge in [0.2, 0.25) is 5.91 Å². The fourth-order valence-corrected chi connectivity index (χ4v) is 2.33. The van der Waals surface area contributed by atoms with Crippen molar-refractivity contribution in [1.82, 2.24) is 10.3 Å². The van der Waals surface area contributed by atoms with Crippen LogP contribution in [0.5, 0.6) is 0 Å². The SMILES string of the molecule is CCC(CC)N(C)Cc1ccc(CC(=O)NN)cc1. The van der Waals surface area contributed by atoms with E-state index in [0.29, 0.717) is 12.5 Å². The van der Waals surface area contributed by atoms with Crippen LogP contribution in [0.3, 0.4) is 0 Å². The van der Waals surface area contributed by atoms with E-state index in [0.717, 1.165) is 12.1 Å². The molecule has 0 saturated carbocycles. The van der Waals surface area contributed by atoms with Crippen LogP contribution in [0.15, 0.2) is 24.3 Å². The molecule has 1 aromatic carbocycles. The van der Waals surface area contributed by atoms with Crippen molar-refractivity contribution in [3.05, 3.63) is 35.4 Å². The number of hydrogen-bond donors (Lipinski definition) is 2. The van der Waals surface area contributed by atoms with Crippen LogP contribution >= 0.6 is 0 Å². The van der Waals surface area contributed by atoms with Gasteiger partial charge in [0.1, 0.15) is 0 Å². The Morgan fingerprint density at radius 1 is 1.21 bits per heavy atom. The first kappa shape index (κ1) is 15.7. The van der Waals surface area contributed by atoms with Gasteiger partial charge < -0.3 is 0 Å². The summed E-state index contributed by atoms with van der Waals surface area (Å²) in [5.74, 6) is 4.91. The highest BCUT2D eigenvalue weighted by Gasteiger charge is 2.10. The van der Waals surface area contributed by atoms with Crippen LogP contribution in [0, 0.1) is 0 Å². The zero-order valence-electron chi connectivity index (χ0n) is 12.1. The van der Waals surface area contributed by atoms with E-state index in [1.54, 1.807) is 0 Å². The van der Waals surface area contributed by atoms with Gasteiger partial charge in [-0.1, -0.05) is 38.1 Å². The standard InChI is InChI=1S/C15H25N3O/c1-4-14(5-2)18(3)11-13-8-6-12(7-9-13)10-15(19)17-16/h6-9,14H,4-5,10-11,16H2,1-3H3,(H,17,19). The van der Waals surface area contributed by atoms with Gasteiger partial charge in [0.05, 0.1) is 6.42 Å². The lowest BCUT2D eigenvalue weighted by molar-refractivity contribution is -0.120. The molecule has 0 aliphatic heterocycles. The minimum absolute atomic E-state index is 0.165. The highest BCUT2D eigenvalue weighted by molar-refractivity contribution is 5.77. The molecule has 0 fully saturated rings. The lowest BCUT2D eigenvalue weighted by Gasteiger charge is -2.26. The maximum Gasteiger partial charge on any atom is 0.238 e. The summed E-state index contributed by atoms with van der Waals surface area (Å²) in [6.45, 7) is 5.38. The van der Waals surface area contributed by atoms with Gasteiger partial charge in [-0.2, -0.15) is 0 Å². The summed E-state index contributed by atoms with van der Waals surface area (Å²) in [6.07, 6.45) is 2.67. The quantitative estimate of drug-likeness (QED) is 0.448. The number of hydrogen-bond acceptors (Lipinski definition) is 3. The number of rotatable bonds is 7. The predicted molar refractivity (Wildman–Crippen MR) is 78.3 cm³/mol. The second-order valence-electron chi connectivity index (χ2n) is 4.95. The van der Waals surface area contributed by atoms with E-state index in [1.807, 2.05) is 12.1 Å². The molecule has 0 radical (unpaired) electrons. The van der Waals surface area contributed by atoms with E-state index in [4.69, 9.17) is 5.84 Å². The topological polar surface area (TPSA) is 58.4 Å². The molecular weight excluding hydrogens is 238 g/mol. The second kappa shape index (κ2) is 7.92. The van der Waals surface area contributed by atoms with Crippen molar-refractivity contribution in [2.75, 3.05) is 7.05 Å². The second-order valence-corrected chi connectivity index (χ2v) is 4.95. The Morgan fingerprint density at radius 2 is 1.74 bits per heavy atom. The Kier molecular flexibility index (Phi) is 6.53. The molecule has 0 heterocycles. The van der Waals surface area contributed by atoms with Crippen molar-refractivity contribution in [1.29, 1.82) is 0 Å². The van der Waals surface area contributed by atoms with Gasteiger partial charge in [0.25, 0.3) is 0 Å². The summed E-state index contributed by atoms with van der Waals surface area (Å²) >= 11 is 0. The number of amides is 1. The van der Waals surface area contributed by atoms with E-state index in [2.05, 4.69) is 43.4 Å². The maximum atomic E-state index is 11.2. The van der Waals surface area contributed by atoms with Crippen molar-refractivity contribution in [3.8, 4) is 0 Å². The van der Waals surface area contributed by atoms with Crippen LogP contribution in [0.25, 0.3) is 0 Å². The molecule has 19 heavy (non-hydrogen) atoms. The van der Waals surface area contributed by atoms with Crippen LogP contribution in [-0.4, -0.2) is 23.9 Å². The minimum Gasteiger partial charge on any atom is -0.299 e. The van der Waals surface area contributed by atoms with E-state index < -0.39 is 0 Å². The summed E-state index contributed by atoms with van der Waals surface area (Å²) in [5, 5.41) is 0. The Hall–Kier alpha value is -1.39.